The van der Waals surface area contributed by atoms with Crippen molar-refractivity contribution in [3.05, 3.63) is 42.5 Å². The number of nitrogens with zero attached hydrogens (tertiary/aromatic N) is 1. The number of oxime groups is 1. The number of unbranched alkanes of at least 4 members (excludes halogenated alkanes) is 2. The van der Waals surface area contributed by atoms with Crippen molar-refractivity contribution in [3.8, 4) is 5.75 Å². The molecule has 0 aliphatic carbocycles. The van der Waals surface area contributed by atoms with E-state index in [4.69, 9.17) is 9.47 Å². The Kier molecular flexibility index (Phi) is 13.9. The Morgan fingerprint density at radius 2 is 1.74 bits per heavy atom. The van der Waals surface area contributed by atoms with Crippen molar-refractivity contribution in [3.63, 3.8) is 0 Å². The zero-order valence-corrected chi connectivity index (χ0v) is 15.0. The van der Waals surface area contributed by atoms with Gasteiger partial charge in [-0.3, -0.25) is 0 Å². The van der Waals surface area contributed by atoms with Gasteiger partial charge < -0.3 is 14.3 Å². The fraction of sp³-hybridized carbons (Fsp3) is 0.526. The highest BCUT2D eigenvalue weighted by atomic mass is 16.6. The van der Waals surface area contributed by atoms with Crippen LogP contribution in [0, 0.1) is 6.92 Å². The molecule has 130 valence electrons. The highest BCUT2D eigenvalue weighted by Gasteiger charge is 1.97. The van der Waals surface area contributed by atoms with E-state index in [2.05, 4.69) is 35.6 Å². The standard InChI is InChI=1S/C17H25NO3.C2H6/c1-4-16(18-19-3)14-20-12-6-5-7-13-21-17-10-8-15(2)9-11-17;1-2/h4,8-11H,1,5-7,12-14H2,2-3H3;1-2H3/b18-16+;. The summed E-state index contributed by atoms with van der Waals surface area (Å²) in [7, 11) is 1.51. The Labute approximate surface area is 141 Å². The van der Waals surface area contributed by atoms with Gasteiger partial charge in [-0.15, -0.1) is 0 Å². The van der Waals surface area contributed by atoms with E-state index in [1.165, 1.54) is 12.7 Å². The van der Waals surface area contributed by atoms with Crippen LogP contribution in [0.5, 0.6) is 5.75 Å². The van der Waals surface area contributed by atoms with Crippen LogP contribution in [0.25, 0.3) is 0 Å². The zero-order valence-electron chi connectivity index (χ0n) is 15.0. The number of benzene rings is 1. The minimum atomic E-state index is 0.442. The molecule has 0 fully saturated rings. The van der Waals surface area contributed by atoms with Crippen molar-refractivity contribution < 1.29 is 14.3 Å². The van der Waals surface area contributed by atoms with Gasteiger partial charge in [0.05, 0.1) is 13.2 Å². The van der Waals surface area contributed by atoms with Gasteiger partial charge in [-0.2, -0.15) is 0 Å². The van der Waals surface area contributed by atoms with E-state index in [1.54, 1.807) is 6.08 Å². The molecule has 0 spiro atoms. The highest BCUT2D eigenvalue weighted by Crippen LogP contribution is 2.12. The normalized spacial score (nSPS) is 10.5. The summed E-state index contributed by atoms with van der Waals surface area (Å²) in [6.07, 6.45) is 4.75. The molecule has 0 saturated carbocycles. The molecule has 0 bridgehead atoms. The van der Waals surface area contributed by atoms with E-state index >= 15 is 0 Å². The molecule has 0 aliphatic rings. The van der Waals surface area contributed by atoms with Crippen LogP contribution in [0.3, 0.4) is 0 Å². The Morgan fingerprint density at radius 3 is 2.35 bits per heavy atom. The topological polar surface area (TPSA) is 40.0 Å². The van der Waals surface area contributed by atoms with Crippen LogP contribution in [0.15, 0.2) is 42.1 Å². The molecule has 0 amide bonds. The van der Waals surface area contributed by atoms with E-state index in [0.29, 0.717) is 18.9 Å². The predicted octanol–water partition coefficient (Wildman–Crippen LogP) is 4.78. The molecule has 0 saturated heterocycles. The minimum Gasteiger partial charge on any atom is -0.494 e. The lowest BCUT2D eigenvalue weighted by atomic mass is 10.2. The summed E-state index contributed by atoms with van der Waals surface area (Å²) in [5.74, 6) is 0.934. The SMILES string of the molecule is C=C/C(COCCCCCOc1ccc(C)cc1)=N\OC.CC. The summed E-state index contributed by atoms with van der Waals surface area (Å²) >= 11 is 0. The lowest BCUT2D eigenvalue weighted by molar-refractivity contribution is 0.157. The van der Waals surface area contributed by atoms with Crippen molar-refractivity contribution in [2.24, 2.45) is 5.16 Å². The van der Waals surface area contributed by atoms with Crippen LogP contribution in [-0.4, -0.2) is 32.6 Å². The first kappa shape index (κ1) is 21.2. The average molecular weight is 321 g/mol. The second-order valence-corrected chi connectivity index (χ2v) is 4.74. The first-order chi connectivity index (χ1) is 11.3. The largest absolute Gasteiger partial charge is 0.494 e. The lowest BCUT2D eigenvalue weighted by Gasteiger charge is -2.07. The predicted molar refractivity (Wildman–Crippen MR) is 97.3 cm³/mol. The van der Waals surface area contributed by atoms with Gasteiger partial charge in [0.1, 0.15) is 18.6 Å². The van der Waals surface area contributed by atoms with E-state index in [1.807, 2.05) is 26.0 Å². The zero-order chi connectivity index (χ0) is 17.3. The molecule has 23 heavy (non-hydrogen) atoms. The third-order valence-corrected chi connectivity index (χ3v) is 2.92. The Hall–Kier alpha value is -1.81. The molecule has 1 aromatic rings. The monoisotopic (exact) mass is 321 g/mol. The Morgan fingerprint density at radius 1 is 1.09 bits per heavy atom. The van der Waals surface area contributed by atoms with Crippen molar-refractivity contribution in [1.82, 2.24) is 0 Å². The summed E-state index contributed by atoms with van der Waals surface area (Å²) in [4.78, 5) is 4.67. The molecule has 0 radical (unpaired) electrons. The van der Waals surface area contributed by atoms with Crippen LogP contribution in [0.1, 0.15) is 38.7 Å². The third kappa shape index (κ3) is 11.4. The smallest absolute Gasteiger partial charge is 0.119 e. The molecular formula is C19H31NO3. The van der Waals surface area contributed by atoms with Crippen molar-refractivity contribution >= 4 is 5.71 Å². The van der Waals surface area contributed by atoms with Crippen LogP contribution < -0.4 is 4.74 Å². The highest BCUT2D eigenvalue weighted by molar-refractivity contribution is 5.95. The van der Waals surface area contributed by atoms with Crippen LogP contribution in [-0.2, 0) is 9.57 Å². The van der Waals surface area contributed by atoms with E-state index < -0.39 is 0 Å². The van der Waals surface area contributed by atoms with Gasteiger partial charge in [0, 0.05) is 6.61 Å². The van der Waals surface area contributed by atoms with Gasteiger partial charge in [0.15, 0.2) is 0 Å². The maximum absolute atomic E-state index is 5.67. The van der Waals surface area contributed by atoms with Gasteiger partial charge in [-0.05, 0) is 44.4 Å². The second-order valence-electron chi connectivity index (χ2n) is 4.74. The molecule has 4 nitrogen and oxygen atoms in total. The first-order valence-electron chi connectivity index (χ1n) is 8.26. The molecule has 1 aromatic carbocycles. The summed E-state index contributed by atoms with van der Waals surface area (Å²) in [6, 6.07) is 8.12. The maximum atomic E-state index is 5.67. The van der Waals surface area contributed by atoms with Crippen LogP contribution >= 0.6 is 0 Å². The summed E-state index contributed by atoms with van der Waals surface area (Å²) in [5.41, 5.74) is 1.95. The summed E-state index contributed by atoms with van der Waals surface area (Å²) in [5, 5.41) is 3.78. The number of ether oxygens (including phenoxy) is 2. The number of aryl methyl sites for hydroxylation is 1. The van der Waals surface area contributed by atoms with Crippen LogP contribution in [0.4, 0.5) is 0 Å². The fourth-order valence-electron chi connectivity index (χ4n) is 1.72. The van der Waals surface area contributed by atoms with Gasteiger partial charge in [-0.25, -0.2) is 0 Å². The van der Waals surface area contributed by atoms with E-state index in [-0.39, 0.29) is 0 Å². The van der Waals surface area contributed by atoms with Gasteiger partial charge in [-0.1, -0.05) is 43.3 Å². The molecule has 0 unspecified atom stereocenters. The second kappa shape index (κ2) is 15.1. The Balaban J connectivity index is 0.00000232. The average Bonchev–Trinajstić information content (AvgIpc) is 2.59. The molecule has 4 heteroatoms. The fourth-order valence-corrected chi connectivity index (χ4v) is 1.72. The number of rotatable bonds is 11. The maximum Gasteiger partial charge on any atom is 0.119 e. The van der Waals surface area contributed by atoms with Crippen molar-refractivity contribution in [2.45, 2.75) is 40.0 Å². The minimum absolute atomic E-state index is 0.442. The van der Waals surface area contributed by atoms with E-state index in [9.17, 15) is 0 Å². The van der Waals surface area contributed by atoms with Crippen LogP contribution in [0.2, 0.25) is 0 Å². The molecule has 0 aliphatic heterocycles. The lowest BCUT2D eigenvalue weighted by Crippen LogP contribution is -2.07. The molecule has 0 atom stereocenters. The number of hydrogen-bond acceptors (Lipinski definition) is 4. The first-order valence-corrected chi connectivity index (χ1v) is 8.26. The molecule has 0 heterocycles. The number of hydrogen-bond donors (Lipinski definition) is 0. The summed E-state index contributed by atoms with van der Waals surface area (Å²) in [6.45, 7) is 11.6. The molecule has 0 aromatic heterocycles. The van der Waals surface area contributed by atoms with Gasteiger partial charge >= 0.3 is 0 Å². The molecular weight excluding hydrogens is 290 g/mol. The summed E-state index contributed by atoms with van der Waals surface area (Å²) < 4.78 is 11.2. The van der Waals surface area contributed by atoms with Gasteiger partial charge in [0.2, 0.25) is 0 Å². The van der Waals surface area contributed by atoms with Crippen molar-refractivity contribution in [1.29, 1.82) is 0 Å². The van der Waals surface area contributed by atoms with Crippen molar-refractivity contribution in [2.75, 3.05) is 26.9 Å². The van der Waals surface area contributed by atoms with E-state index in [0.717, 1.165) is 31.6 Å². The molecule has 1 rings (SSSR count). The third-order valence-electron chi connectivity index (χ3n) is 2.92. The van der Waals surface area contributed by atoms with Gasteiger partial charge in [0.25, 0.3) is 0 Å². The molecule has 0 N–H and O–H groups in total. The quantitative estimate of drug-likeness (QED) is 0.335. The Bertz CT molecular complexity index is 427.